The van der Waals surface area contributed by atoms with Gasteiger partial charge in [-0.1, -0.05) is 30.3 Å². The van der Waals surface area contributed by atoms with Crippen LogP contribution in [0.2, 0.25) is 0 Å². The quantitative estimate of drug-likeness (QED) is 0.344. The molecule has 0 aromatic heterocycles. The third kappa shape index (κ3) is 6.76. The van der Waals surface area contributed by atoms with Gasteiger partial charge in [0.15, 0.2) is 15.8 Å². The highest BCUT2D eigenvalue weighted by molar-refractivity contribution is 7.91. The van der Waals surface area contributed by atoms with Crippen LogP contribution >= 0.6 is 0 Å². The molecule has 6 nitrogen and oxygen atoms in total. The maximum absolute atomic E-state index is 12.3. The highest BCUT2D eigenvalue weighted by Crippen LogP contribution is 2.30. The van der Waals surface area contributed by atoms with Gasteiger partial charge in [0.2, 0.25) is 0 Å². The van der Waals surface area contributed by atoms with Crippen molar-refractivity contribution in [2.24, 2.45) is 10.9 Å². The second-order valence-corrected chi connectivity index (χ2v) is 9.81. The number of hydrogen-bond donors (Lipinski definition) is 2. The lowest BCUT2D eigenvalue weighted by Gasteiger charge is -2.15. The molecule has 2 aromatic carbocycles. The fraction of sp³-hybridized carbons (Fsp3) is 0.435. The minimum absolute atomic E-state index is 0.0954. The second kappa shape index (κ2) is 10.5. The summed E-state index contributed by atoms with van der Waals surface area (Å²) in [5.74, 6) is 2.35. The minimum Gasteiger partial charge on any atom is -0.493 e. The van der Waals surface area contributed by atoms with E-state index in [2.05, 4.69) is 40.7 Å². The molecule has 7 heteroatoms. The van der Waals surface area contributed by atoms with Gasteiger partial charge in [0, 0.05) is 25.7 Å². The van der Waals surface area contributed by atoms with E-state index >= 15 is 0 Å². The first-order valence-corrected chi connectivity index (χ1v) is 12.1. The Morgan fingerprint density at radius 1 is 1.13 bits per heavy atom. The van der Waals surface area contributed by atoms with Gasteiger partial charge >= 0.3 is 0 Å². The number of nitrogens with one attached hydrogen (secondary N) is 2. The fourth-order valence-corrected chi connectivity index (χ4v) is 4.38. The molecule has 1 aliphatic rings. The van der Waals surface area contributed by atoms with Gasteiger partial charge < -0.3 is 15.4 Å². The number of sulfone groups is 1. The molecular weight excluding hydrogens is 398 g/mol. The van der Waals surface area contributed by atoms with Crippen LogP contribution in [0.5, 0.6) is 5.75 Å². The van der Waals surface area contributed by atoms with E-state index in [9.17, 15) is 8.42 Å². The molecule has 0 bridgehead atoms. The molecule has 0 saturated heterocycles. The van der Waals surface area contributed by atoms with Gasteiger partial charge in [-0.15, -0.1) is 0 Å². The van der Waals surface area contributed by atoms with Crippen molar-refractivity contribution in [1.29, 1.82) is 0 Å². The molecule has 0 atom stereocenters. The molecule has 1 saturated carbocycles. The Bertz CT molecular complexity index is 955. The van der Waals surface area contributed by atoms with Crippen molar-refractivity contribution >= 4 is 15.8 Å². The van der Waals surface area contributed by atoms with E-state index in [-0.39, 0.29) is 5.75 Å². The summed E-state index contributed by atoms with van der Waals surface area (Å²) in [7, 11) is -1.55. The van der Waals surface area contributed by atoms with Crippen LogP contribution in [0.25, 0.3) is 0 Å². The second-order valence-electron chi connectivity index (χ2n) is 7.70. The zero-order chi connectivity index (χ0) is 21.4. The van der Waals surface area contributed by atoms with E-state index in [0.29, 0.717) is 36.3 Å². The predicted octanol–water partition coefficient (Wildman–Crippen LogP) is 3.31. The van der Waals surface area contributed by atoms with Crippen LogP contribution in [0.15, 0.2) is 58.4 Å². The topological polar surface area (TPSA) is 79.8 Å². The van der Waals surface area contributed by atoms with Gasteiger partial charge in [-0.3, -0.25) is 4.99 Å². The van der Waals surface area contributed by atoms with Crippen LogP contribution in [0.3, 0.4) is 0 Å². The highest BCUT2D eigenvalue weighted by atomic mass is 32.2. The van der Waals surface area contributed by atoms with E-state index in [1.807, 2.05) is 6.07 Å². The van der Waals surface area contributed by atoms with Crippen molar-refractivity contribution in [2.75, 3.05) is 26.0 Å². The number of rotatable bonds is 10. The molecule has 0 heterocycles. The zero-order valence-electron chi connectivity index (χ0n) is 17.7. The van der Waals surface area contributed by atoms with Crippen LogP contribution in [0.1, 0.15) is 30.4 Å². The Morgan fingerprint density at radius 2 is 1.90 bits per heavy atom. The van der Waals surface area contributed by atoms with Crippen LogP contribution in [0.4, 0.5) is 0 Å². The van der Waals surface area contributed by atoms with Crippen LogP contribution < -0.4 is 15.4 Å². The molecule has 3 rings (SSSR count). The minimum atomic E-state index is -3.26. The molecule has 162 valence electrons. The summed E-state index contributed by atoms with van der Waals surface area (Å²) >= 11 is 0. The van der Waals surface area contributed by atoms with Crippen molar-refractivity contribution in [3.63, 3.8) is 0 Å². The number of ether oxygens (including phenoxy) is 1. The first-order valence-electron chi connectivity index (χ1n) is 10.4. The summed E-state index contributed by atoms with van der Waals surface area (Å²) in [4.78, 5) is 4.60. The van der Waals surface area contributed by atoms with Crippen molar-refractivity contribution in [2.45, 2.75) is 37.6 Å². The number of nitrogens with zero attached hydrogens (tertiary/aromatic N) is 1. The molecule has 0 unspecified atom stereocenters. The summed E-state index contributed by atoms with van der Waals surface area (Å²) in [5, 5.41) is 6.48. The molecule has 1 fully saturated rings. The molecule has 0 amide bonds. The van der Waals surface area contributed by atoms with Gasteiger partial charge in [-0.05, 0) is 55.9 Å². The largest absolute Gasteiger partial charge is 0.493 e. The molecule has 2 N–H and O–H groups in total. The Kier molecular flexibility index (Phi) is 7.74. The molecule has 0 spiro atoms. The molecule has 1 aliphatic carbocycles. The molecular formula is C23H31N3O3S. The monoisotopic (exact) mass is 429 g/mol. The van der Waals surface area contributed by atoms with Gasteiger partial charge in [0.25, 0.3) is 0 Å². The van der Waals surface area contributed by atoms with E-state index in [1.165, 1.54) is 18.4 Å². The average Bonchev–Trinajstić information content (AvgIpc) is 3.58. The summed E-state index contributed by atoms with van der Waals surface area (Å²) in [6.07, 6.45) is 3.02. The summed E-state index contributed by atoms with van der Waals surface area (Å²) in [5.41, 5.74) is 2.25. The van der Waals surface area contributed by atoms with Crippen molar-refractivity contribution in [1.82, 2.24) is 10.6 Å². The predicted molar refractivity (Wildman–Crippen MR) is 121 cm³/mol. The summed E-state index contributed by atoms with van der Waals surface area (Å²) in [6.45, 7) is 3.94. The first kappa shape index (κ1) is 22.2. The third-order valence-electron chi connectivity index (χ3n) is 5.05. The van der Waals surface area contributed by atoms with Crippen LogP contribution in [-0.4, -0.2) is 40.3 Å². The zero-order valence-corrected chi connectivity index (χ0v) is 18.5. The van der Waals surface area contributed by atoms with Crippen LogP contribution in [-0.2, 0) is 16.4 Å². The van der Waals surface area contributed by atoms with Crippen LogP contribution in [0, 0.1) is 12.8 Å². The van der Waals surface area contributed by atoms with Crippen molar-refractivity contribution < 1.29 is 13.2 Å². The maximum Gasteiger partial charge on any atom is 0.191 e. The summed E-state index contributed by atoms with van der Waals surface area (Å²) in [6, 6.07) is 14.8. The van der Waals surface area contributed by atoms with E-state index < -0.39 is 9.84 Å². The third-order valence-corrected chi connectivity index (χ3v) is 6.87. The molecule has 0 radical (unpaired) electrons. The maximum atomic E-state index is 12.3. The van der Waals surface area contributed by atoms with Gasteiger partial charge in [0.1, 0.15) is 5.75 Å². The van der Waals surface area contributed by atoms with Gasteiger partial charge in [-0.25, -0.2) is 8.42 Å². The molecule has 0 aliphatic heterocycles. The Labute approximate surface area is 179 Å². The molecule has 30 heavy (non-hydrogen) atoms. The average molecular weight is 430 g/mol. The standard InChI is InChI=1S/C23H31N3O3S/c1-18-9-12-20(22(15-18)29-17-19-10-11-19)16-26-23(24-2)25-13-6-14-30(27,28)21-7-4-3-5-8-21/h3-5,7-9,12,15,19H,6,10-11,13-14,16-17H2,1-2H3,(H2,24,25,26). The van der Waals surface area contributed by atoms with Crippen molar-refractivity contribution in [3.8, 4) is 5.75 Å². The van der Waals surface area contributed by atoms with Crippen molar-refractivity contribution in [3.05, 3.63) is 59.7 Å². The first-order chi connectivity index (χ1) is 14.5. The highest BCUT2D eigenvalue weighted by Gasteiger charge is 2.22. The number of aryl methyl sites for hydroxylation is 1. The fourth-order valence-electron chi connectivity index (χ4n) is 3.05. The summed E-state index contributed by atoms with van der Waals surface area (Å²) < 4.78 is 30.7. The Balaban J connectivity index is 1.46. The Hall–Kier alpha value is -2.54. The normalized spacial score (nSPS) is 14.4. The van der Waals surface area contributed by atoms with Gasteiger partial charge in [-0.2, -0.15) is 0 Å². The van der Waals surface area contributed by atoms with E-state index in [0.717, 1.165) is 17.9 Å². The van der Waals surface area contributed by atoms with E-state index in [1.54, 1.807) is 31.3 Å². The smallest absolute Gasteiger partial charge is 0.191 e. The Morgan fingerprint density at radius 3 is 2.60 bits per heavy atom. The number of aliphatic imine (C=N–C) groups is 1. The number of guanidine groups is 1. The van der Waals surface area contributed by atoms with E-state index in [4.69, 9.17) is 4.74 Å². The lowest BCUT2D eigenvalue weighted by Crippen LogP contribution is -2.37. The SMILES string of the molecule is CN=C(NCCCS(=O)(=O)c1ccccc1)NCc1ccc(C)cc1OCC1CC1. The molecule has 2 aromatic rings. The lowest BCUT2D eigenvalue weighted by molar-refractivity contribution is 0.296. The number of hydrogen-bond acceptors (Lipinski definition) is 4. The number of benzene rings is 2. The lowest BCUT2D eigenvalue weighted by atomic mass is 10.1. The van der Waals surface area contributed by atoms with Gasteiger partial charge in [0.05, 0.1) is 17.3 Å².